The van der Waals surface area contributed by atoms with E-state index in [0.29, 0.717) is 6.07 Å². The molecule has 0 unspecified atom stereocenters. The summed E-state index contributed by atoms with van der Waals surface area (Å²) in [5, 5.41) is 7.55. The van der Waals surface area contributed by atoms with E-state index in [4.69, 9.17) is 16.7 Å². The van der Waals surface area contributed by atoms with Gasteiger partial charge in [0, 0.05) is 0 Å². The van der Waals surface area contributed by atoms with Crippen LogP contribution in [0.4, 0.5) is 13.2 Å². The van der Waals surface area contributed by atoms with Crippen LogP contribution in [0.25, 0.3) is 0 Å². The van der Waals surface area contributed by atoms with Gasteiger partial charge in [0.1, 0.15) is 11.3 Å². The maximum Gasteiger partial charge on any atom is 0.338 e. The third-order valence-corrected chi connectivity index (χ3v) is 1.64. The molecule has 1 heterocycles. The molecule has 0 radical (unpaired) electrons. The van der Waals surface area contributed by atoms with Gasteiger partial charge in [-0.3, -0.25) is 0 Å². The molecule has 0 atom stereocenters. The van der Waals surface area contributed by atoms with Crippen molar-refractivity contribution in [1.82, 2.24) is 4.98 Å². The smallest absolute Gasteiger partial charge is 0.338 e. The molecule has 76 valence electrons. The van der Waals surface area contributed by atoms with E-state index >= 15 is 0 Å². The van der Waals surface area contributed by atoms with E-state index < -0.39 is 34.6 Å². The lowest BCUT2D eigenvalue weighted by Crippen LogP contribution is -2.05. The summed E-state index contributed by atoms with van der Waals surface area (Å²) in [5.74, 6) is -2.99. The Morgan fingerprint density at radius 3 is 2.57 bits per heavy atom. The Kier molecular flexibility index (Phi) is 2.95. The number of pyridine rings is 1. The van der Waals surface area contributed by atoms with Crippen LogP contribution in [0.1, 0.15) is 22.5 Å². The number of hydrogen-bond donors (Lipinski definition) is 1. The molecule has 0 aliphatic rings. The fourth-order valence-electron chi connectivity index (χ4n) is 0.784. The van der Waals surface area contributed by atoms with E-state index in [1.807, 2.05) is 0 Å². The predicted molar refractivity (Wildman–Crippen MR) is 41.1 cm³/mol. The number of nitrogens with zero attached hydrogens (tertiary/aromatic N) is 1. The summed E-state index contributed by atoms with van der Waals surface area (Å²) in [6.07, 6.45) is -2.99. The molecule has 0 aromatic carbocycles. The standard InChI is InChI=1S/C7H3ClF3NO2/c8-5-4(9)2(7(13)14)1-3(12-5)6(10)11/h1,6H,(H,13,14). The third kappa shape index (κ3) is 1.95. The number of rotatable bonds is 2. The van der Waals surface area contributed by atoms with Crippen molar-refractivity contribution >= 4 is 17.6 Å². The van der Waals surface area contributed by atoms with Gasteiger partial charge in [0.2, 0.25) is 0 Å². The Balaban J connectivity index is 3.35. The van der Waals surface area contributed by atoms with Crippen LogP contribution in [0.5, 0.6) is 0 Å². The van der Waals surface area contributed by atoms with Crippen molar-refractivity contribution in [3.63, 3.8) is 0 Å². The summed E-state index contributed by atoms with van der Waals surface area (Å²) in [7, 11) is 0. The number of hydrogen-bond acceptors (Lipinski definition) is 2. The molecule has 0 fully saturated rings. The van der Waals surface area contributed by atoms with Gasteiger partial charge in [0.15, 0.2) is 11.0 Å². The number of alkyl halides is 2. The van der Waals surface area contributed by atoms with Gasteiger partial charge in [-0.15, -0.1) is 0 Å². The molecule has 1 N–H and O–H groups in total. The lowest BCUT2D eigenvalue weighted by molar-refractivity contribution is 0.0691. The Morgan fingerprint density at radius 2 is 2.14 bits per heavy atom. The maximum atomic E-state index is 12.9. The Labute approximate surface area is 81.1 Å². The van der Waals surface area contributed by atoms with Crippen LogP contribution in [0.3, 0.4) is 0 Å². The van der Waals surface area contributed by atoms with Crippen molar-refractivity contribution in [2.75, 3.05) is 0 Å². The second-order valence-corrected chi connectivity index (χ2v) is 2.66. The van der Waals surface area contributed by atoms with Crippen molar-refractivity contribution < 1.29 is 23.1 Å². The molecular formula is C7H3ClF3NO2. The molecule has 0 saturated heterocycles. The molecule has 1 rings (SSSR count). The van der Waals surface area contributed by atoms with Crippen molar-refractivity contribution in [2.24, 2.45) is 0 Å². The van der Waals surface area contributed by atoms with Crippen LogP contribution in [0, 0.1) is 5.82 Å². The first-order valence-electron chi connectivity index (χ1n) is 3.31. The SMILES string of the molecule is O=C(O)c1cc(C(F)F)nc(Cl)c1F. The fourth-order valence-corrected chi connectivity index (χ4v) is 0.984. The van der Waals surface area contributed by atoms with Gasteiger partial charge >= 0.3 is 5.97 Å². The van der Waals surface area contributed by atoms with Gasteiger partial charge in [0.05, 0.1) is 0 Å². The van der Waals surface area contributed by atoms with Crippen molar-refractivity contribution in [1.29, 1.82) is 0 Å². The topological polar surface area (TPSA) is 50.2 Å². The Morgan fingerprint density at radius 1 is 1.57 bits per heavy atom. The highest BCUT2D eigenvalue weighted by Crippen LogP contribution is 2.23. The largest absolute Gasteiger partial charge is 0.478 e. The lowest BCUT2D eigenvalue weighted by atomic mass is 10.2. The Bertz CT molecular complexity index is 383. The second-order valence-electron chi connectivity index (χ2n) is 2.31. The normalized spacial score (nSPS) is 10.6. The highest BCUT2D eigenvalue weighted by molar-refractivity contribution is 6.29. The molecule has 3 nitrogen and oxygen atoms in total. The lowest BCUT2D eigenvalue weighted by Gasteiger charge is -2.03. The zero-order chi connectivity index (χ0) is 10.9. The maximum absolute atomic E-state index is 12.9. The van der Waals surface area contributed by atoms with Crippen LogP contribution < -0.4 is 0 Å². The van der Waals surface area contributed by atoms with Gasteiger partial charge in [0.25, 0.3) is 6.43 Å². The van der Waals surface area contributed by atoms with Crippen LogP contribution in [0.2, 0.25) is 5.15 Å². The average molecular weight is 226 g/mol. The predicted octanol–water partition coefficient (Wildman–Crippen LogP) is 2.51. The molecule has 0 spiro atoms. The monoisotopic (exact) mass is 225 g/mol. The minimum Gasteiger partial charge on any atom is -0.478 e. The van der Waals surface area contributed by atoms with E-state index in [-0.39, 0.29) is 0 Å². The molecule has 0 aliphatic heterocycles. The summed E-state index contributed by atoms with van der Waals surface area (Å²) in [6, 6.07) is 0.453. The molecule has 14 heavy (non-hydrogen) atoms. The van der Waals surface area contributed by atoms with Gasteiger partial charge in [-0.05, 0) is 6.07 Å². The molecule has 7 heteroatoms. The molecule has 0 amide bonds. The zero-order valence-corrected chi connectivity index (χ0v) is 7.23. The highest BCUT2D eigenvalue weighted by atomic mass is 35.5. The third-order valence-electron chi connectivity index (χ3n) is 1.39. The van der Waals surface area contributed by atoms with Gasteiger partial charge in [-0.2, -0.15) is 0 Å². The average Bonchev–Trinajstić information content (AvgIpc) is 2.08. The first-order valence-corrected chi connectivity index (χ1v) is 3.68. The number of aromatic nitrogens is 1. The van der Waals surface area contributed by atoms with E-state index in [2.05, 4.69) is 4.98 Å². The molecule has 0 bridgehead atoms. The summed E-state index contributed by atoms with van der Waals surface area (Å²) in [4.78, 5) is 13.4. The van der Waals surface area contributed by atoms with E-state index in [9.17, 15) is 18.0 Å². The van der Waals surface area contributed by atoms with Gasteiger partial charge < -0.3 is 5.11 Å². The summed E-state index contributed by atoms with van der Waals surface area (Å²) < 4.78 is 37.0. The summed E-state index contributed by atoms with van der Waals surface area (Å²) >= 11 is 5.12. The molecule has 1 aromatic rings. The molecular weight excluding hydrogens is 223 g/mol. The minimum atomic E-state index is -2.99. The van der Waals surface area contributed by atoms with E-state index in [1.165, 1.54) is 0 Å². The van der Waals surface area contributed by atoms with Gasteiger partial charge in [-0.1, -0.05) is 11.6 Å². The summed E-state index contributed by atoms with van der Waals surface area (Å²) in [6.45, 7) is 0. The van der Waals surface area contributed by atoms with Crippen LogP contribution >= 0.6 is 11.6 Å². The number of carboxylic acid groups (broad SMARTS) is 1. The molecule has 0 saturated carbocycles. The van der Waals surface area contributed by atoms with Crippen LogP contribution in [-0.4, -0.2) is 16.1 Å². The number of carbonyl (C=O) groups is 1. The quantitative estimate of drug-likeness (QED) is 0.787. The minimum absolute atomic E-state index is 0.453. The highest BCUT2D eigenvalue weighted by Gasteiger charge is 2.20. The van der Waals surface area contributed by atoms with Crippen molar-refractivity contribution in [2.45, 2.75) is 6.43 Å². The number of halogens is 4. The molecule has 1 aromatic heterocycles. The first-order chi connectivity index (χ1) is 6.43. The van der Waals surface area contributed by atoms with Gasteiger partial charge in [-0.25, -0.2) is 22.9 Å². The zero-order valence-electron chi connectivity index (χ0n) is 6.47. The van der Waals surface area contributed by atoms with Crippen molar-refractivity contribution in [3.05, 3.63) is 28.3 Å². The first kappa shape index (κ1) is 10.8. The van der Waals surface area contributed by atoms with E-state index in [1.54, 1.807) is 0 Å². The van der Waals surface area contributed by atoms with Crippen molar-refractivity contribution in [3.8, 4) is 0 Å². The number of carboxylic acids is 1. The summed E-state index contributed by atoms with van der Waals surface area (Å²) in [5.41, 5.74) is -1.78. The van der Waals surface area contributed by atoms with Crippen LogP contribution in [0.15, 0.2) is 6.07 Å². The van der Waals surface area contributed by atoms with Crippen LogP contribution in [-0.2, 0) is 0 Å². The Hall–Kier alpha value is -1.30. The fraction of sp³-hybridized carbons (Fsp3) is 0.143. The molecule has 0 aliphatic carbocycles. The second kappa shape index (κ2) is 3.83. The van der Waals surface area contributed by atoms with E-state index in [0.717, 1.165) is 0 Å². The number of aromatic carboxylic acids is 1.